The maximum absolute atomic E-state index is 13.1. The van der Waals surface area contributed by atoms with Gasteiger partial charge in [0.05, 0.1) is 17.3 Å². The van der Waals surface area contributed by atoms with Crippen LogP contribution in [0, 0.1) is 0 Å². The number of anilines is 1. The van der Waals surface area contributed by atoms with Gasteiger partial charge in [0.2, 0.25) is 5.88 Å². The summed E-state index contributed by atoms with van der Waals surface area (Å²) < 4.78 is 16.9. The van der Waals surface area contributed by atoms with Crippen molar-refractivity contribution < 1.29 is 23.8 Å². The highest BCUT2D eigenvalue weighted by atomic mass is 35.5. The van der Waals surface area contributed by atoms with Gasteiger partial charge in [0, 0.05) is 50.4 Å². The number of nitrogens with one attached hydrogen (secondary N) is 2. The number of rotatable bonds is 14. The molecule has 3 heterocycles. The maximum Gasteiger partial charge on any atom is 0.251 e. The summed E-state index contributed by atoms with van der Waals surface area (Å²) in [5.41, 5.74) is 2.60. The number of nitrogens with zero attached hydrogens (tertiary/aromatic N) is 4. The van der Waals surface area contributed by atoms with E-state index in [4.69, 9.17) is 25.5 Å². The number of halogens is 1. The summed E-state index contributed by atoms with van der Waals surface area (Å²) in [6.07, 6.45) is 6.35. The van der Waals surface area contributed by atoms with Crippen LogP contribution in [0.2, 0.25) is 5.02 Å². The summed E-state index contributed by atoms with van der Waals surface area (Å²) in [4.78, 5) is 25.7. The van der Waals surface area contributed by atoms with Gasteiger partial charge in [-0.05, 0) is 63.0 Å². The molecule has 3 aromatic rings. The second-order valence-corrected chi connectivity index (χ2v) is 11.5. The molecule has 1 saturated carbocycles. The first-order valence-electron chi connectivity index (χ1n) is 14.4. The molecule has 0 spiro atoms. The van der Waals surface area contributed by atoms with Crippen LogP contribution >= 0.6 is 11.6 Å². The number of benzene rings is 1. The first kappa shape index (κ1) is 30.1. The summed E-state index contributed by atoms with van der Waals surface area (Å²) in [6.45, 7) is 3.39. The topological polar surface area (TPSA) is 125 Å². The second kappa shape index (κ2) is 14.2. The van der Waals surface area contributed by atoms with E-state index in [9.17, 15) is 9.90 Å². The van der Waals surface area contributed by atoms with Gasteiger partial charge in [-0.3, -0.25) is 9.69 Å². The summed E-state index contributed by atoms with van der Waals surface area (Å²) in [7, 11) is 3.95. The molecular formula is C30H39ClN6O5. The van der Waals surface area contributed by atoms with Crippen LogP contribution in [-0.4, -0.2) is 89.8 Å². The maximum atomic E-state index is 13.1. The molecule has 1 aliphatic heterocycles. The minimum Gasteiger partial charge on any atom is -0.484 e. The van der Waals surface area contributed by atoms with Gasteiger partial charge in [-0.25, -0.2) is 4.98 Å². The van der Waals surface area contributed by atoms with Gasteiger partial charge in [0.1, 0.15) is 24.8 Å². The molecule has 1 fully saturated rings. The Morgan fingerprint density at radius 2 is 2.14 bits per heavy atom. The molecule has 1 atom stereocenters. The number of aromatic nitrogens is 2. The Bertz CT molecular complexity index is 1330. The van der Waals surface area contributed by atoms with Crippen LogP contribution in [0.3, 0.4) is 0 Å². The van der Waals surface area contributed by atoms with Crippen molar-refractivity contribution in [3.05, 3.63) is 64.3 Å². The smallest absolute Gasteiger partial charge is 0.251 e. The predicted molar refractivity (Wildman–Crippen MR) is 159 cm³/mol. The van der Waals surface area contributed by atoms with Gasteiger partial charge in [-0.1, -0.05) is 17.7 Å². The highest BCUT2D eigenvalue weighted by Gasteiger charge is 2.23. The van der Waals surface area contributed by atoms with E-state index < -0.39 is 6.10 Å². The van der Waals surface area contributed by atoms with E-state index >= 15 is 0 Å². The lowest BCUT2D eigenvalue weighted by Gasteiger charge is -2.31. The van der Waals surface area contributed by atoms with E-state index in [1.807, 2.05) is 31.1 Å². The van der Waals surface area contributed by atoms with Crippen molar-refractivity contribution in [3.63, 3.8) is 0 Å². The Morgan fingerprint density at radius 3 is 2.88 bits per heavy atom. The molecular weight excluding hydrogens is 560 g/mol. The van der Waals surface area contributed by atoms with Crippen LogP contribution in [0.4, 0.5) is 5.82 Å². The van der Waals surface area contributed by atoms with E-state index in [0.29, 0.717) is 59.5 Å². The van der Waals surface area contributed by atoms with E-state index in [-0.39, 0.29) is 19.1 Å². The first-order valence-corrected chi connectivity index (χ1v) is 14.8. The monoisotopic (exact) mass is 598 g/mol. The molecule has 5 rings (SSSR count). The number of pyridine rings is 1. The number of β-amino-alcohol motifs (C(OH)–C–C–N with tert-alkyl or cyclic N) is 1. The van der Waals surface area contributed by atoms with Crippen LogP contribution in [0.15, 0.2) is 41.3 Å². The Balaban J connectivity index is 1.13. The molecule has 1 aliphatic carbocycles. The minimum absolute atomic E-state index is 0.127. The van der Waals surface area contributed by atoms with Crippen LogP contribution in [-0.2, 0) is 19.6 Å². The first-order chi connectivity index (χ1) is 20.3. The van der Waals surface area contributed by atoms with E-state index in [0.717, 1.165) is 43.5 Å². The number of hydrogen-bond acceptors (Lipinski definition) is 10. The van der Waals surface area contributed by atoms with Gasteiger partial charge in [0.25, 0.3) is 5.91 Å². The SMILES string of the molecule is CN(C)CCOc1cc(C(=O)NCC(O)CN2CCc3c(ccc(OCc4cnco4)c3Cl)C2)cc(NC2CCC2)n1. The lowest BCUT2D eigenvalue weighted by Crippen LogP contribution is -2.42. The van der Waals surface area contributed by atoms with Crippen molar-refractivity contribution >= 4 is 23.3 Å². The molecule has 1 aromatic carbocycles. The summed E-state index contributed by atoms with van der Waals surface area (Å²) >= 11 is 6.66. The summed E-state index contributed by atoms with van der Waals surface area (Å²) in [5, 5.41) is 17.6. The summed E-state index contributed by atoms with van der Waals surface area (Å²) in [5.74, 6) is 1.99. The lowest BCUT2D eigenvalue weighted by molar-refractivity contribution is 0.0841. The van der Waals surface area contributed by atoms with Crippen molar-refractivity contribution in [1.82, 2.24) is 25.1 Å². The van der Waals surface area contributed by atoms with E-state index in [1.54, 1.807) is 18.3 Å². The average Bonchev–Trinajstić information content (AvgIpc) is 3.47. The van der Waals surface area contributed by atoms with Crippen LogP contribution < -0.4 is 20.1 Å². The zero-order valence-corrected chi connectivity index (χ0v) is 24.9. The number of amides is 1. The molecule has 0 saturated heterocycles. The number of ether oxygens (including phenoxy) is 2. The highest BCUT2D eigenvalue weighted by Crippen LogP contribution is 2.34. The quantitative estimate of drug-likeness (QED) is 0.254. The molecule has 2 aliphatic rings. The van der Waals surface area contributed by atoms with Gasteiger partial charge in [-0.2, -0.15) is 4.98 Å². The van der Waals surface area contributed by atoms with Crippen molar-refractivity contribution in [1.29, 1.82) is 0 Å². The fraction of sp³-hybridized carbons (Fsp3) is 0.500. The normalized spacial score (nSPS) is 16.0. The number of carbonyl (C=O) groups excluding carboxylic acids is 1. The van der Waals surface area contributed by atoms with E-state index in [2.05, 4.69) is 25.5 Å². The number of fused-ring (bicyclic) bond motifs is 1. The summed E-state index contributed by atoms with van der Waals surface area (Å²) in [6, 6.07) is 7.63. The largest absolute Gasteiger partial charge is 0.484 e. The predicted octanol–water partition coefficient (Wildman–Crippen LogP) is 3.36. The Morgan fingerprint density at radius 1 is 1.29 bits per heavy atom. The minimum atomic E-state index is -0.735. The number of carbonyl (C=O) groups is 1. The van der Waals surface area contributed by atoms with Crippen molar-refractivity contribution in [2.75, 3.05) is 52.2 Å². The van der Waals surface area contributed by atoms with Gasteiger partial charge >= 0.3 is 0 Å². The fourth-order valence-electron chi connectivity index (χ4n) is 4.93. The molecule has 2 aromatic heterocycles. The van der Waals surface area contributed by atoms with Crippen molar-refractivity contribution in [2.24, 2.45) is 0 Å². The molecule has 1 unspecified atom stereocenters. The second-order valence-electron chi connectivity index (χ2n) is 11.1. The third-order valence-electron chi connectivity index (χ3n) is 7.51. The molecule has 11 nitrogen and oxygen atoms in total. The molecule has 12 heteroatoms. The highest BCUT2D eigenvalue weighted by molar-refractivity contribution is 6.33. The van der Waals surface area contributed by atoms with Gasteiger partial charge < -0.3 is 34.5 Å². The Hall–Kier alpha value is -3.38. The van der Waals surface area contributed by atoms with Crippen LogP contribution in [0.5, 0.6) is 11.6 Å². The molecule has 226 valence electrons. The van der Waals surface area contributed by atoms with Crippen molar-refractivity contribution in [3.8, 4) is 11.6 Å². The standard InChI is InChI=1S/C30H39ClN6O5/c1-36(2)10-11-40-28-13-21(12-27(35-28)34-22-4-3-5-22)30(39)33-14-23(38)17-37-9-8-25-20(16-37)6-7-26(29(25)31)41-18-24-15-32-19-42-24/h6-7,12-13,15,19,22-23,38H,3-5,8-11,14,16-18H2,1-2H3,(H,33,39)(H,34,35). The molecule has 1 amide bonds. The average molecular weight is 599 g/mol. The molecule has 42 heavy (non-hydrogen) atoms. The molecule has 0 bridgehead atoms. The number of likely N-dealkylation sites (N-methyl/N-ethyl adjacent to an activating group) is 1. The van der Waals surface area contributed by atoms with Crippen LogP contribution in [0.1, 0.15) is 46.5 Å². The van der Waals surface area contributed by atoms with Gasteiger partial charge in [0.15, 0.2) is 12.2 Å². The molecule has 3 N–H and O–H groups in total. The Kier molecular flexibility index (Phi) is 10.2. The van der Waals surface area contributed by atoms with Crippen LogP contribution in [0.25, 0.3) is 0 Å². The lowest BCUT2D eigenvalue weighted by atomic mass is 9.93. The number of oxazole rings is 1. The zero-order valence-electron chi connectivity index (χ0n) is 24.1. The van der Waals surface area contributed by atoms with Crippen molar-refractivity contribution in [2.45, 2.75) is 51.0 Å². The number of aliphatic hydroxyl groups is 1. The third-order valence-corrected chi connectivity index (χ3v) is 7.92. The van der Waals surface area contributed by atoms with E-state index in [1.165, 1.54) is 12.8 Å². The Labute approximate surface area is 251 Å². The van der Waals surface area contributed by atoms with Gasteiger partial charge in [-0.15, -0.1) is 0 Å². The zero-order chi connectivity index (χ0) is 29.5. The number of aliphatic hydroxyl groups excluding tert-OH is 1. The number of hydrogen-bond donors (Lipinski definition) is 3. The fourth-order valence-corrected chi connectivity index (χ4v) is 5.26. The molecule has 0 radical (unpaired) electrons. The third kappa shape index (κ3) is 8.13.